The Balaban J connectivity index is 1.84. The van der Waals surface area contributed by atoms with Crippen LogP contribution in [0.15, 0.2) is 48.7 Å². The van der Waals surface area contributed by atoms with Gasteiger partial charge in [0.05, 0.1) is 28.5 Å². The summed E-state index contributed by atoms with van der Waals surface area (Å²) in [5, 5.41) is 12.3. The molecule has 1 amide bonds. The Labute approximate surface area is 156 Å². The van der Waals surface area contributed by atoms with Crippen LogP contribution in [0.2, 0.25) is 0 Å². The van der Waals surface area contributed by atoms with Gasteiger partial charge >= 0.3 is 0 Å². The predicted octanol–water partition coefficient (Wildman–Crippen LogP) is 3.41. The first-order valence-electron chi connectivity index (χ1n) is 8.80. The molecule has 7 nitrogen and oxygen atoms in total. The molecular weight excluding hydrogens is 340 g/mol. The smallest absolute Gasteiger partial charge is 0.257 e. The summed E-state index contributed by atoms with van der Waals surface area (Å²) in [6.45, 7) is 4.57. The van der Waals surface area contributed by atoms with Crippen molar-refractivity contribution in [3.8, 4) is 11.3 Å². The predicted molar refractivity (Wildman–Crippen MR) is 105 cm³/mol. The number of nitrogens with zero attached hydrogens (tertiary/aromatic N) is 5. The zero-order chi connectivity index (χ0) is 19.0. The van der Waals surface area contributed by atoms with E-state index in [0.29, 0.717) is 23.6 Å². The Morgan fingerprint density at radius 2 is 1.96 bits per heavy atom. The molecule has 1 N–H and O–H groups in total. The van der Waals surface area contributed by atoms with Crippen molar-refractivity contribution in [2.75, 3.05) is 5.32 Å². The number of rotatable bonds is 4. The van der Waals surface area contributed by atoms with Crippen LogP contribution >= 0.6 is 0 Å². The van der Waals surface area contributed by atoms with Gasteiger partial charge in [0, 0.05) is 25.2 Å². The third kappa shape index (κ3) is 3.08. The zero-order valence-corrected chi connectivity index (χ0v) is 15.5. The third-order valence-electron chi connectivity index (χ3n) is 4.47. The molecule has 0 aliphatic carbocycles. The lowest BCUT2D eigenvalue weighted by molar-refractivity contribution is 0.102. The Morgan fingerprint density at radius 1 is 1.19 bits per heavy atom. The SMILES string of the molecule is CCn1ncc2c(C(=O)Nc3cc(C)nn3C)cc(-c3ccccc3)nc21. The molecule has 0 aliphatic heterocycles. The fourth-order valence-corrected chi connectivity index (χ4v) is 3.13. The number of aryl methyl sites for hydroxylation is 3. The first-order chi connectivity index (χ1) is 13.1. The van der Waals surface area contributed by atoms with Crippen LogP contribution in [0.3, 0.4) is 0 Å². The highest BCUT2D eigenvalue weighted by molar-refractivity contribution is 6.12. The minimum absolute atomic E-state index is 0.210. The lowest BCUT2D eigenvalue weighted by atomic mass is 10.1. The highest BCUT2D eigenvalue weighted by Gasteiger charge is 2.18. The number of fused-ring (bicyclic) bond motifs is 1. The summed E-state index contributed by atoms with van der Waals surface area (Å²) in [6, 6.07) is 13.5. The Morgan fingerprint density at radius 3 is 2.63 bits per heavy atom. The highest BCUT2D eigenvalue weighted by atomic mass is 16.1. The number of hydrogen-bond acceptors (Lipinski definition) is 4. The van der Waals surface area contributed by atoms with E-state index >= 15 is 0 Å². The average molecular weight is 360 g/mol. The number of benzene rings is 1. The second kappa shape index (κ2) is 6.68. The van der Waals surface area contributed by atoms with E-state index in [1.54, 1.807) is 22.6 Å². The summed E-state index contributed by atoms with van der Waals surface area (Å²) in [4.78, 5) is 17.8. The maximum Gasteiger partial charge on any atom is 0.257 e. The van der Waals surface area contributed by atoms with Crippen LogP contribution in [-0.2, 0) is 13.6 Å². The van der Waals surface area contributed by atoms with Gasteiger partial charge in [0.25, 0.3) is 5.91 Å². The normalized spacial score (nSPS) is 11.1. The molecule has 0 saturated carbocycles. The fourth-order valence-electron chi connectivity index (χ4n) is 3.13. The van der Waals surface area contributed by atoms with Gasteiger partial charge in [-0.25, -0.2) is 9.67 Å². The molecule has 3 heterocycles. The number of pyridine rings is 1. The van der Waals surface area contributed by atoms with Crippen LogP contribution in [0.5, 0.6) is 0 Å². The number of nitrogens with one attached hydrogen (secondary N) is 1. The van der Waals surface area contributed by atoms with Crippen molar-refractivity contribution >= 4 is 22.8 Å². The van der Waals surface area contributed by atoms with Crippen molar-refractivity contribution in [2.45, 2.75) is 20.4 Å². The summed E-state index contributed by atoms with van der Waals surface area (Å²) in [6.07, 6.45) is 1.70. The first kappa shape index (κ1) is 17.0. The van der Waals surface area contributed by atoms with Crippen molar-refractivity contribution in [3.05, 3.63) is 59.9 Å². The molecule has 0 saturated heterocycles. The molecule has 4 rings (SSSR count). The molecule has 4 aromatic rings. The molecule has 0 spiro atoms. The molecule has 0 unspecified atom stereocenters. The molecule has 136 valence electrons. The molecular formula is C20H20N6O. The van der Waals surface area contributed by atoms with E-state index in [0.717, 1.165) is 22.3 Å². The van der Waals surface area contributed by atoms with Gasteiger partial charge in [-0.15, -0.1) is 0 Å². The largest absolute Gasteiger partial charge is 0.307 e. The molecule has 0 aliphatic rings. The monoisotopic (exact) mass is 360 g/mol. The molecule has 3 aromatic heterocycles. The van der Waals surface area contributed by atoms with Gasteiger partial charge in [-0.1, -0.05) is 30.3 Å². The van der Waals surface area contributed by atoms with E-state index in [4.69, 9.17) is 4.98 Å². The Bertz CT molecular complexity index is 1130. The van der Waals surface area contributed by atoms with Crippen molar-refractivity contribution in [1.29, 1.82) is 0 Å². The molecule has 0 bridgehead atoms. The summed E-state index contributed by atoms with van der Waals surface area (Å²) in [5.74, 6) is 0.435. The molecule has 27 heavy (non-hydrogen) atoms. The second-order valence-corrected chi connectivity index (χ2v) is 6.37. The van der Waals surface area contributed by atoms with Gasteiger partial charge in [-0.3, -0.25) is 9.48 Å². The maximum absolute atomic E-state index is 13.1. The summed E-state index contributed by atoms with van der Waals surface area (Å²) < 4.78 is 3.45. The Kier molecular flexibility index (Phi) is 4.19. The third-order valence-corrected chi connectivity index (χ3v) is 4.47. The van der Waals surface area contributed by atoms with Gasteiger partial charge in [-0.05, 0) is 19.9 Å². The summed E-state index contributed by atoms with van der Waals surface area (Å²) in [7, 11) is 1.80. The van der Waals surface area contributed by atoms with Crippen LogP contribution in [0.4, 0.5) is 5.82 Å². The van der Waals surface area contributed by atoms with E-state index in [2.05, 4.69) is 15.5 Å². The number of anilines is 1. The number of amides is 1. The maximum atomic E-state index is 13.1. The summed E-state index contributed by atoms with van der Waals surface area (Å²) >= 11 is 0. The van der Waals surface area contributed by atoms with Gasteiger partial charge in [-0.2, -0.15) is 10.2 Å². The number of carbonyl (C=O) groups excluding carboxylic acids is 1. The molecule has 0 fully saturated rings. The molecule has 0 atom stereocenters. The van der Waals surface area contributed by atoms with E-state index in [-0.39, 0.29) is 5.91 Å². The zero-order valence-electron chi connectivity index (χ0n) is 15.5. The summed E-state index contributed by atoms with van der Waals surface area (Å²) in [5.41, 5.74) is 3.78. The van der Waals surface area contributed by atoms with Crippen molar-refractivity contribution in [2.24, 2.45) is 7.05 Å². The van der Waals surface area contributed by atoms with Crippen LogP contribution in [0, 0.1) is 6.92 Å². The molecule has 0 radical (unpaired) electrons. The highest BCUT2D eigenvalue weighted by Crippen LogP contribution is 2.25. The van der Waals surface area contributed by atoms with E-state index in [1.165, 1.54) is 0 Å². The quantitative estimate of drug-likeness (QED) is 0.605. The molecule has 1 aromatic carbocycles. The first-order valence-corrected chi connectivity index (χ1v) is 8.80. The lowest BCUT2D eigenvalue weighted by Gasteiger charge is -2.09. The number of hydrogen-bond donors (Lipinski definition) is 1. The van der Waals surface area contributed by atoms with Crippen molar-refractivity contribution < 1.29 is 4.79 Å². The minimum Gasteiger partial charge on any atom is -0.307 e. The van der Waals surface area contributed by atoms with E-state index in [1.807, 2.05) is 56.3 Å². The fraction of sp³-hybridized carbons (Fsp3) is 0.200. The standard InChI is InChI=1S/C20H20N6O/c1-4-26-19-16(12-21-26)15(11-17(22-19)14-8-6-5-7-9-14)20(27)23-18-10-13(2)24-25(18)3/h5-12H,4H2,1-3H3,(H,23,27). The van der Waals surface area contributed by atoms with E-state index < -0.39 is 0 Å². The Hall–Kier alpha value is -3.48. The van der Waals surface area contributed by atoms with Crippen molar-refractivity contribution in [3.63, 3.8) is 0 Å². The number of aromatic nitrogens is 5. The second-order valence-electron chi connectivity index (χ2n) is 6.37. The van der Waals surface area contributed by atoms with Gasteiger partial charge < -0.3 is 5.32 Å². The minimum atomic E-state index is -0.210. The van der Waals surface area contributed by atoms with Crippen molar-refractivity contribution in [1.82, 2.24) is 24.5 Å². The van der Waals surface area contributed by atoms with Crippen LogP contribution in [-0.4, -0.2) is 30.5 Å². The average Bonchev–Trinajstić information content (AvgIpc) is 3.23. The number of carbonyl (C=O) groups is 1. The topological polar surface area (TPSA) is 77.6 Å². The van der Waals surface area contributed by atoms with Crippen LogP contribution in [0.1, 0.15) is 23.0 Å². The lowest BCUT2D eigenvalue weighted by Crippen LogP contribution is -2.15. The van der Waals surface area contributed by atoms with Gasteiger partial charge in [0.1, 0.15) is 5.82 Å². The van der Waals surface area contributed by atoms with E-state index in [9.17, 15) is 4.79 Å². The molecule has 7 heteroatoms. The van der Waals surface area contributed by atoms with Crippen LogP contribution in [0.25, 0.3) is 22.3 Å². The van der Waals surface area contributed by atoms with Gasteiger partial charge in [0.15, 0.2) is 5.65 Å². The van der Waals surface area contributed by atoms with Crippen LogP contribution < -0.4 is 5.32 Å². The van der Waals surface area contributed by atoms with Gasteiger partial charge in [0.2, 0.25) is 0 Å².